The minimum absolute atomic E-state index is 0.0511. The smallest absolute Gasteiger partial charge is 0.465 e. The second kappa shape index (κ2) is 13.5. The topological polar surface area (TPSA) is 109 Å². The lowest BCUT2D eigenvalue weighted by atomic mass is 10.0. The average Bonchev–Trinajstić information content (AvgIpc) is 2.71. The summed E-state index contributed by atoms with van der Waals surface area (Å²) in [7, 11) is -4.06. The second-order valence-electron chi connectivity index (χ2n) is 6.09. The van der Waals surface area contributed by atoms with Crippen molar-refractivity contribution >= 4 is 19.8 Å². The number of carbonyl (C=O) groups is 2. The molecule has 1 aromatic carbocycles. The highest BCUT2D eigenvalue weighted by atomic mass is 31.2. The summed E-state index contributed by atoms with van der Waals surface area (Å²) in [5, 5.41) is 3.03. The van der Waals surface area contributed by atoms with Crippen molar-refractivity contribution < 1.29 is 37.2 Å². The molecular weight excluding hydrogens is 413 g/mol. The fourth-order valence-corrected chi connectivity index (χ4v) is 3.96. The zero-order valence-corrected chi connectivity index (χ0v) is 19.1. The van der Waals surface area contributed by atoms with E-state index in [-0.39, 0.29) is 26.4 Å². The highest BCUT2D eigenvalue weighted by Crippen LogP contribution is 2.51. The quantitative estimate of drug-likeness (QED) is 0.340. The van der Waals surface area contributed by atoms with Crippen LogP contribution in [0.25, 0.3) is 0 Å². The molecule has 0 aliphatic heterocycles. The van der Waals surface area contributed by atoms with Crippen LogP contribution in [0.2, 0.25) is 0 Å². The van der Waals surface area contributed by atoms with Crippen LogP contribution in [0, 0.1) is 0 Å². The molecule has 0 fully saturated rings. The maximum Gasteiger partial charge on any atom is 0.475 e. The molecule has 30 heavy (non-hydrogen) atoms. The fraction of sp³-hybridized carbons (Fsp3) is 0.600. The lowest BCUT2D eigenvalue weighted by Gasteiger charge is -2.30. The Morgan fingerprint density at radius 3 is 1.93 bits per heavy atom. The van der Waals surface area contributed by atoms with Gasteiger partial charge in [-0.25, -0.2) is 9.36 Å². The second-order valence-corrected chi connectivity index (χ2v) is 7.71. The number of ether oxygens (including phenoxy) is 2. The van der Waals surface area contributed by atoms with Crippen molar-refractivity contribution in [2.45, 2.75) is 52.8 Å². The highest BCUT2D eigenvalue weighted by Gasteiger charge is 2.41. The van der Waals surface area contributed by atoms with Gasteiger partial charge in [-0.2, -0.15) is 0 Å². The first kappa shape index (κ1) is 26.3. The molecule has 170 valence electrons. The maximum absolute atomic E-state index is 13.0. The molecule has 0 aromatic heterocycles. The van der Waals surface area contributed by atoms with Gasteiger partial charge < -0.3 is 9.47 Å². The lowest BCUT2D eigenvalue weighted by Crippen LogP contribution is -2.46. The zero-order valence-electron chi connectivity index (χ0n) is 18.2. The van der Waals surface area contributed by atoms with E-state index in [2.05, 4.69) is 5.32 Å². The third kappa shape index (κ3) is 8.16. The number of nitrogens with one attached hydrogen (secondary N) is 1. The van der Waals surface area contributed by atoms with Gasteiger partial charge in [0.25, 0.3) is 0 Å². The SMILES string of the molecule is CCOC(=O)C(C)N[C@H](c1ccccc1)[C@@H](OP(=O)(OCC)OCC)C(=O)OCC. The molecule has 10 heteroatoms. The van der Waals surface area contributed by atoms with E-state index < -0.39 is 37.9 Å². The summed E-state index contributed by atoms with van der Waals surface area (Å²) in [6, 6.07) is 7.17. The highest BCUT2D eigenvalue weighted by molar-refractivity contribution is 7.48. The Morgan fingerprint density at radius 1 is 0.900 bits per heavy atom. The van der Waals surface area contributed by atoms with Gasteiger partial charge in [0.05, 0.1) is 32.5 Å². The van der Waals surface area contributed by atoms with Crippen LogP contribution in [0.4, 0.5) is 0 Å². The van der Waals surface area contributed by atoms with Crippen LogP contribution < -0.4 is 5.32 Å². The van der Waals surface area contributed by atoms with Gasteiger partial charge in [-0.3, -0.25) is 23.7 Å². The van der Waals surface area contributed by atoms with Crippen LogP contribution in [-0.4, -0.2) is 50.5 Å². The molecule has 3 atom stereocenters. The van der Waals surface area contributed by atoms with Crippen molar-refractivity contribution in [1.29, 1.82) is 0 Å². The molecule has 0 amide bonds. The van der Waals surface area contributed by atoms with Crippen molar-refractivity contribution in [2.24, 2.45) is 0 Å². The number of benzene rings is 1. The third-order valence-corrected chi connectivity index (χ3v) is 5.50. The Morgan fingerprint density at radius 2 is 1.43 bits per heavy atom. The molecule has 1 N–H and O–H groups in total. The van der Waals surface area contributed by atoms with Gasteiger partial charge in [0, 0.05) is 0 Å². The van der Waals surface area contributed by atoms with E-state index in [0.29, 0.717) is 5.56 Å². The summed E-state index contributed by atoms with van der Waals surface area (Å²) in [5.41, 5.74) is 0.617. The van der Waals surface area contributed by atoms with Crippen molar-refractivity contribution in [3.63, 3.8) is 0 Å². The van der Waals surface area contributed by atoms with Crippen molar-refractivity contribution in [2.75, 3.05) is 26.4 Å². The van der Waals surface area contributed by atoms with Gasteiger partial charge in [0.15, 0.2) is 6.10 Å². The van der Waals surface area contributed by atoms with Crippen LogP contribution in [0.15, 0.2) is 30.3 Å². The number of phosphoric ester groups is 1. The standard InChI is InChI=1S/C20H32NO8P/c1-6-25-19(22)15(5)21-17(16-13-11-10-12-14-16)18(20(23)26-7-2)29-30(24,27-8-3)28-9-4/h10-15,17-18,21H,6-9H2,1-5H3/t15?,17-,18-/m1/s1. The molecule has 0 spiro atoms. The maximum atomic E-state index is 13.0. The Labute approximate surface area is 178 Å². The van der Waals surface area contributed by atoms with Crippen LogP contribution >= 0.6 is 7.82 Å². The lowest BCUT2D eigenvalue weighted by molar-refractivity contribution is -0.155. The van der Waals surface area contributed by atoms with Crippen molar-refractivity contribution in [3.05, 3.63) is 35.9 Å². The predicted octanol–water partition coefficient (Wildman–Crippen LogP) is 3.40. The third-order valence-electron chi connectivity index (χ3n) is 3.87. The van der Waals surface area contributed by atoms with Crippen molar-refractivity contribution in [1.82, 2.24) is 5.32 Å². The molecule has 0 radical (unpaired) electrons. The molecule has 1 unspecified atom stereocenters. The van der Waals surface area contributed by atoms with E-state index in [1.165, 1.54) is 0 Å². The largest absolute Gasteiger partial charge is 0.475 e. The molecule has 1 aromatic rings. The van der Waals surface area contributed by atoms with Gasteiger partial charge in [-0.15, -0.1) is 0 Å². The summed E-state index contributed by atoms with van der Waals surface area (Å²) in [4.78, 5) is 25.0. The number of rotatable bonds is 14. The summed E-state index contributed by atoms with van der Waals surface area (Å²) >= 11 is 0. The first-order valence-corrected chi connectivity index (χ1v) is 11.5. The molecule has 9 nitrogen and oxygen atoms in total. The van der Waals surface area contributed by atoms with E-state index in [1.807, 2.05) is 0 Å². The Balaban J connectivity index is 3.34. The summed E-state index contributed by atoms with van der Waals surface area (Å²) in [5.74, 6) is -1.27. The molecule has 0 saturated heterocycles. The Bertz CT molecular complexity index is 689. The van der Waals surface area contributed by atoms with E-state index in [4.69, 9.17) is 23.0 Å². The molecule has 0 bridgehead atoms. The number of esters is 2. The minimum atomic E-state index is -4.06. The Kier molecular flexibility index (Phi) is 11.8. The number of hydrogen-bond donors (Lipinski definition) is 1. The first-order chi connectivity index (χ1) is 14.3. The van der Waals surface area contributed by atoms with Gasteiger partial charge in [0.2, 0.25) is 0 Å². The number of carbonyl (C=O) groups excluding carboxylic acids is 2. The summed E-state index contributed by atoms with van der Waals surface area (Å²) < 4.78 is 39.2. The van der Waals surface area contributed by atoms with Gasteiger partial charge in [-0.1, -0.05) is 30.3 Å². The minimum Gasteiger partial charge on any atom is -0.465 e. The normalized spacial score (nSPS) is 14.6. The van der Waals surface area contributed by atoms with Crippen LogP contribution in [0.1, 0.15) is 46.2 Å². The van der Waals surface area contributed by atoms with E-state index in [1.54, 1.807) is 65.0 Å². The average molecular weight is 445 g/mol. The van der Waals surface area contributed by atoms with Gasteiger partial charge in [0.1, 0.15) is 6.04 Å². The van der Waals surface area contributed by atoms with Crippen LogP contribution in [-0.2, 0) is 37.2 Å². The molecular formula is C20H32NO8P. The first-order valence-electron chi connectivity index (χ1n) is 10.0. The molecule has 1 rings (SSSR count). The summed E-state index contributed by atoms with van der Waals surface area (Å²) in [6.45, 7) is 8.60. The zero-order chi connectivity index (χ0) is 22.6. The van der Waals surface area contributed by atoms with Crippen LogP contribution in [0.3, 0.4) is 0 Å². The molecule has 0 saturated carbocycles. The van der Waals surface area contributed by atoms with Crippen molar-refractivity contribution in [3.8, 4) is 0 Å². The molecule has 0 aliphatic carbocycles. The summed E-state index contributed by atoms with van der Waals surface area (Å²) in [6.07, 6.45) is -1.41. The molecule has 0 aliphatic rings. The van der Waals surface area contributed by atoms with E-state index in [9.17, 15) is 14.2 Å². The fourth-order valence-electron chi connectivity index (χ4n) is 2.64. The monoisotopic (exact) mass is 445 g/mol. The number of hydrogen-bond acceptors (Lipinski definition) is 9. The predicted molar refractivity (Wildman–Crippen MR) is 111 cm³/mol. The van der Waals surface area contributed by atoms with Gasteiger partial charge in [-0.05, 0) is 40.2 Å². The molecule has 0 heterocycles. The van der Waals surface area contributed by atoms with Gasteiger partial charge >= 0.3 is 19.8 Å². The van der Waals surface area contributed by atoms with E-state index >= 15 is 0 Å². The number of phosphoric acid groups is 1. The Hall–Kier alpha value is -1.77. The van der Waals surface area contributed by atoms with Crippen LogP contribution in [0.5, 0.6) is 0 Å². The van der Waals surface area contributed by atoms with E-state index in [0.717, 1.165) is 0 Å².